The fourth-order valence-electron chi connectivity index (χ4n) is 7.80. The van der Waals surface area contributed by atoms with Crippen molar-refractivity contribution in [3.05, 3.63) is 163 Å². The van der Waals surface area contributed by atoms with Gasteiger partial charge in [0.1, 0.15) is 0 Å². The lowest BCUT2D eigenvalue weighted by molar-refractivity contribution is 0.00578. The molecule has 1 aliphatic heterocycles. The van der Waals surface area contributed by atoms with Crippen molar-refractivity contribution in [2.75, 3.05) is 0 Å². The molecule has 5 aromatic carbocycles. The second-order valence-electron chi connectivity index (χ2n) is 19.0. The van der Waals surface area contributed by atoms with Gasteiger partial charge in [-0.05, 0) is 130 Å². The van der Waals surface area contributed by atoms with E-state index in [2.05, 4.69) is 209 Å². The van der Waals surface area contributed by atoms with Gasteiger partial charge in [0, 0.05) is 23.5 Å². The molecule has 1 aliphatic rings. The molecule has 59 heavy (non-hydrogen) atoms. The number of rotatable bonds is 7. The third-order valence-corrected chi connectivity index (χ3v) is 12.2. The Hall–Kier alpha value is -5.62. The van der Waals surface area contributed by atoms with Crippen LogP contribution in [0.5, 0.6) is 0 Å². The van der Waals surface area contributed by atoms with E-state index in [1.54, 1.807) is 0 Å². The highest BCUT2D eigenvalue weighted by molar-refractivity contribution is 6.62. The number of aromatic nitrogens is 2. The molecule has 0 spiro atoms. The Morgan fingerprint density at radius 1 is 0.407 bits per heavy atom. The van der Waals surface area contributed by atoms with Crippen LogP contribution in [-0.4, -0.2) is 28.3 Å². The molecule has 0 amide bonds. The SMILES string of the molecule is CC(C)(C)c1ccnc(-c2ccc(-c3ccccc3-c3cc(B4OC(C)(C)C(C)(C)O4)cc(-c4ccccc4-c4ccc(-c5cc(C(C)(C)C)ccn5)cc4)c3)cc2)c1. The fraction of sp³-hybridized carbons (Fsp3) is 0.259. The maximum absolute atomic E-state index is 6.70. The molecule has 7 aromatic rings. The summed E-state index contributed by atoms with van der Waals surface area (Å²) in [6, 6.07) is 50.4. The van der Waals surface area contributed by atoms with E-state index in [0.717, 1.165) is 72.5 Å². The highest BCUT2D eigenvalue weighted by Crippen LogP contribution is 2.41. The van der Waals surface area contributed by atoms with Crippen LogP contribution in [0.15, 0.2) is 152 Å². The lowest BCUT2D eigenvalue weighted by Gasteiger charge is -2.32. The topological polar surface area (TPSA) is 44.2 Å². The highest BCUT2D eigenvalue weighted by atomic mass is 16.7. The largest absolute Gasteiger partial charge is 0.494 e. The molecule has 0 atom stereocenters. The van der Waals surface area contributed by atoms with Gasteiger partial charge in [0.2, 0.25) is 0 Å². The Kier molecular flexibility index (Phi) is 10.4. The number of hydrogen-bond acceptors (Lipinski definition) is 4. The summed E-state index contributed by atoms with van der Waals surface area (Å²) in [6.45, 7) is 21.9. The quantitative estimate of drug-likeness (QED) is 0.151. The summed E-state index contributed by atoms with van der Waals surface area (Å²) in [5.41, 5.74) is 15.9. The van der Waals surface area contributed by atoms with Gasteiger partial charge in [-0.15, -0.1) is 0 Å². The Bertz CT molecular complexity index is 2450. The van der Waals surface area contributed by atoms with Crippen LogP contribution in [-0.2, 0) is 20.1 Å². The summed E-state index contributed by atoms with van der Waals surface area (Å²) < 4.78 is 13.4. The van der Waals surface area contributed by atoms with Crippen molar-refractivity contribution < 1.29 is 9.31 Å². The molecule has 0 N–H and O–H groups in total. The molecule has 0 saturated carbocycles. The average Bonchev–Trinajstić information content (AvgIpc) is 3.46. The van der Waals surface area contributed by atoms with E-state index in [0.29, 0.717) is 0 Å². The monoisotopic (exact) mass is 774 g/mol. The van der Waals surface area contributed by atoms with Crippen LogP contribution in [0.2, 0.25) is 0 Å². The Balaban J connectivity index is 1.21. The minimum Gasteiger partial charge on any atom is -0.399 e. The summed E-state index contributed by atoms with van der Waals surface area (Å²) in [4.78, 5) is 9.46. The number of benzene rings is 5. The van der Waals surface area contributed by atoms with E-state index in [4.69, 9.17) is 19.3 Å². The average molecular weight is 775 g/mol. The predicted octanol–water partition coefficient (Wildman–Crippen LogP) is 13.4. The Morgan fingerprint density at radius 2 is 0.746 bits per heavy atom. The van der Waals surface area contributed by atoms with Gasteiger partial charge >= 0.3 is 7.12 Å². The Labute approximate surface area is 351 Å². The summed E-state index contributed by atoms with van der Waals surface area (Å²) in [7, 11) is -0.524. The number of pyridine rings is 2. The molecule has 0 aliphatic carbocycles. The standard InChI is InChI=1S/C54H55BN2O2/c1-51(2,3)42-27-29-56-49(34-42)38-23-19-36(20-24-38)45-15-11-13-17-47(45)40-31-41(33-44(32-40)55-58-53(7,8)54(9,10)59-55)48-18-14-12-16-46(48)37-21-25-39(26-22-37)50-35-43(28-30-57-50)52(4,5)6/h11-35H,1-10H3. The minimum atomic E-state index is -0.524. The van der Waals surface area contributed by atoms with Crippen molar-refractivity contribution in [3.63, 3.8) is 0 Å². The molecule has 0 bridgehead atoms. The van der Waals surface area contributed by atoms with E-state index in [1.807, 2.05) is 12.4 Å². The minimum absolute atomic E-state index is 0.0476. The smallest absolute Gasteiger partial charge is 0.399 e. The van der Waals surface area contributed by atoms with Gasteiger partial charge in [0.05, 0.1) is 22.6 Å². The van der Waals surface area contributed by atoms with Crippen molar-refractivity contribution in [2.45, 2.75) is 91.3 Å². The first-order chi connectivity index (χ1) is 28.0. The number of hydrogen-bond donors (Lipinski definition) is 0. The molecule has 5 heteroatoms. The number of nitrogens with zero attached hydrogens (tertiary/aromatic N) is 2. The van der Waals surface area contributed by atoms with Crippen LogP contribution < -0.4 is 5.46 Å². The third kappa shape index (κ3) is 8.20. The van der Waals surface area contributed by atoms with Gasteiger partial charge in [0.15, 0.2) is 0 Å². The molecule has 3 heterocycles. The highest BCUT2D eigenvalue weighted by Gasteiger charge is 2.51. The lowest BCUT2D eigenvalue weighted by atomic mass is 9.75. The second kappa shape index (κ2) is 15.2. The van der Waals surface area contributed by atoms with Gasteiger partial charge < -0.3 is 9.31 Å². The second-order valence-corrected chi connectivity index (χ2v) is 19.0. The zero-order valence-electron chi connectivity index (χ0n) is 36.2. The molecule has 4 nitrogen and oxygen atoms in total. The van der Waals surface area contributed by atoms with Crippen molar-refractivity contribution in [3.8, 4) is 67.0 Å². The first kappa shape index (κ1) is 40.2. The van der Waals surface area contributed by atoms with Crippen molar-refractivity contribution in [1.82, 2.24) is 9.97 Å². The van der Waals surface area contributed by atoms with Crippen LogP contribution >= 0.6 is 0 Å². The normalized spacial score (nSPS) is 15.1. The molecule has 1 fully saturated rings. The zero-order valence-corrected chi connectivity index (χ0v) is 36.2. The summed E-state index contributed by atoms with van der Waals surface area (Å²) >= 11 is 0. The summed E-state index contributed by atoms with van der Waals surface area (Å²) in [5, 5.41) is 0. The molecule has 0 unspecified atom stereocenters. The fourth-order valence-corrected chi connectivity index (χ4v) is 7.80. The Morgan fingerprint density at radius 3 is 1.10 bits per heavy atom. The lowest BCUT2D eigenvalue weighted by Crippen LogP contribution is -2.41. The van der Waals surface area contributed by atoms with E-state index >= 15 is 0 Å². The van der Waals surface area contributed by atoms with Crippen molar-refractivity contribution >= 4 is 12.6 Å². The van der Waals surface area contributed by atoms with Crippen molar-refractivity contribution in [1.29, 1.82) is 0 Å². The van der Waals surface area contributed by atoms with Crippen molar-refractivity contribution in [2.24, 2.45) is 0 Å². The third-order valence-electron chi connectivity index (χ3n) is 12.2. The van der Waals surface area contributed by atoms with E-state index in [-0.39, 0.29) is 10.8 Å². The maximum Gasteiger partial charge on any atom is 0.494 e. The summed E-state index contributed by atoms with van der Waals surface area (Å²) in [5.74, 6) is 0. The van der Waals surface area contributed by atoms with Crippen LogP contribution in [0.3, 0.4) is 0 Å². The van der Waals surface area contributed by atoms with E-state index in [9.17, 15) is 0 Å². The van der Waals surface area contributed by atoms with Crippen LogP contribution in [0.4, 0.5) is 0 Å². The van der Waals surface area contributed by atoms with Crippen LogP contribution in [0, 0.1) is 0 Å². The van der Waals surface area contributed by atoms with Gasteiger partial charge in [-0.2, -0.15) is 0 Å². The maximum atomic E-state index is 6.70. The van der Waals surface area contributed by atoms with Gasteiger partial charge in [-0.25, -0.2) is 0 Å². The molecular formula is C54H55BN2O2. The molecule has 296 valence electrons. The predicted molar refractivity (Wildman–Crippen MR) is 248 cm³/mol. The first-order valence-electron chi connectivity index (χ1n) is 20.8. The van der Waals surface area contributed by atoms with Gasteiger partial charge in [0.25, 0.3) is 0 Å². The molecule has 2 aromatic heterocycles. The molecule has 0 radical (unpaired) electrons. The van der Waals surface area contributed by atoms with Crippen LogP contribution in [0.25, 0.3) is 67.0 Å². The zero-order chi connectivity index (χ0) is 41.7. The van der Waals surface area contributed by atoms with Gasteiger partial charge in [-0.1, -0.05) is 151 Å². The van der Waals surface area contributed by atoms with Gasteiger partial charge in [-0.3, -0.25) is 9.97 Å². The molecular weight excluding hydrogens is 719 g/mol. The summed E-state index contributed by atoms with van der Waals surface area (Å²) in [6.07, 6.45) is 3.84. The van der Waals surface area contributed by atoms with E-state index < -0.39 is 18.3 Å². The van der Waals surface area contributed by atoms with E-state index in [1.165, 1.54) is 11.1 Å². The first-order valence-corrected chi connectivity index (χ1v) is 20.8. The van der Waals surface area contributed by atoms with Crippen LogP contribution in [0.1, 0.15) is 80.4 Å². The molecule has 8 rings (SSSR count). The molecule has 1 saturated heterocycles.